The minimum absolute atomic E-state index is 0.116. The molecule has 8 rings (SSSR count). The van der Waals surface area contributed by atoms with Gasteiger partial charge in [-0.2, -0.15) is 0 Å². The van der Waals surface area contributed by atoms with Crippen LogP contribution in [-0.2, 0) is 9.47 Å². The number of benzene rings is 4. The summed E-state index contributed by atoms with van der Waals surface area (Å²) >= 11 is 0. The molecule has 2 aliphatic rings. The Kier molecular flexibility index (Phi) is 11.3. The molecule has 0 radical (unpaired) electrons. The third kappa shape index (κ3) is 8.66. The first-order valence-electron chi connectivity index (χ1n) is 18.5. The van der Waals surface area contributed by atoms with E-state index in [2.05, 4.69) is 33.9 Å². The van der Waals surface area contributed by atoms with Crippen LogP contribution in [0.1, 0.15) is 66.2 Å². The molecule has 2 saturated heterocycles. The number of nitrogens with zero attached hydrogens (tertiary/aromatic N) is 4. The number of aromatic amines is 2. The van der Waals surface area contributed by atoms with E-state index in [4.69, 9.17) is 24.2 Å². The molecule has 0 aliphatic carbocycles. The number of nitrogens with one attached hydrogen (secondary N) is 2. The van der Waals surface area contributed by atoms with E-state index in [9.17, 15) is 10.2 Å². The summed E-state index contributed by atoms with van der Waals surface area (Å²) in [6.07, 6.45) is 3.27. The van der Waals surface area contributed by atoms with Gasteiger partial charge in [0.2, 0.25) is 0 Å². The summed E-state index contributed by atoms with van der Waals surface area (Å²) in [6.45, 7) is 6.02. The number of phenolic OH excluding ortho intramolecular Hbond substituents is 2. The van der Waals surface area contributed by atoms with E-state index in [0.29, 0.717) is 17.1 Å². The van der Waals surface area contributed by atoms with Gasteiger partial charge in [0.15, 0.2) is 0 Å². The molecule has 0 spiro atoms. The molecular weight excluding hydrogens is 668 g/mol. The highest BCUT2D eigenvalue weighted by molar-refractivity contribution is 5.75. The average molecular weight is 719 g/mol. The second-order valence-electron chi connectivity index (χ2n) is 14.3. The highest BCUT2D eigenvalue weighted by atomic mass is 16.5. The largest absolute Gasteiger partial charge is 0.508 e. The molecule has 4 aromatic carbocycles. The van der Waals surface area contributed by atoms with Crippen molar-refractivity contribution in [3.05, 3.63) is 113 Å². The summed E-state index contributed by atoms with van der Waals surface area (Å²) in [6, 6.07) is 26.8. The summed E-state index contributed by atoms with van der Waals surface area (Å²) in [5.74, 6) is 2.54. The molecule has 53 heavy (non-hydrogen) atoms. The summed E-state index contributed by atoms with van der Waals surface area (Å²) in [5, 5.41) is 21.1. The predicted octanol–water partition coefficient (Wildman–Crippen LogP) is 7.25. The van der Waals surface area contributed by atoms with E-state index in [0.717, 1.165) is 90.9 Å². The van der Waals surface area contributed by atoms with E-state index in [1.54, 1.807) is 25.3 Å². The smallest absolute Gasteiger partial charge is 0.144 e. The fourth-order valence-electron chi connectivity index (χ4n) is 7.14. The van der Waals surface area contributed by atoms with Gasteiger partial charge in [0.1, 0.15) is 41.1 Å². The normalized spacial score (nSPS) is 17.4. The fourth-order valence-corrected chi connectivity index (χ4v) is 7.14. The zero-order chi connectivity index (χ0) is 36.9. The van der Waals surface area contributed by atoms with Crippen molar-refractivity contribution in [3.63, 3.8) is 0 Å². The quantitative estimate of drug-likeness (QED) is 0.122. The lowest BCUT2D eigenvalue weighted by atomic mass is 10.0. The molecule has 2 fully saturated rings. The molecule has 6 aromatic rings. The number of likely N-dealkylation sites (tertiary alicyclic amines) is 2. The molecule has 2 unspecified atom stereocenters. The topological polar surface area (TPSA) is 132 Å². The third-order valence-electron chi connectivity index (χ3n) is 10.3. The van der Waals surface area contributed by atoms with Crippen molar-refractivity contribution in [1.29, 1.82) is 0 Å². The minimum Gasteiger partial charge on any atom is -0.508 e. The highest BCUT2D eigenvalue weighted by Gasteiger charge is 2.29. The molecule has 2 aromatic heterocycles. The van der Waals surface area contributed by atoms with Crippen LogP contribution >= 0.6 is 0 Å². The van der Waals surface area contributed by atoms with Crippen molar-refractivity contribution < 1.29 is 24.4 Å². The highest BCUT2D eigenvalue weighted by Crippen LogP contribution is 2.37. The lowest BCUT2D eigenvalue weighted by molar-refractivity contribution is -0.0273. The number of rotatable bonds is 9. The third-order valence-corrected chi connectivity index (χ3v) is 10.3. The van der Waals surface area contributed by atoms with Crippen molar-refractivity contribution in [2.24, 2.45) is 0 Å². The summed E-state index contributed by atoms with van der Waals surface area (Å²) in [4.78, 5) is 20.8. The number of aryl methyl sites for hydroxylation is 1. The lowest BCUT2D eigenvalue weighted by Crippen LogP contribution is -2.35. The SMILES string of the molecule is COc1ccc(O)c(C(OC2CCN(C)CC2)c2nc3ccccc3[nH]2)c1.Cc1ccc(C(OC2CCN(C)CC2)c2nc3ccccc3[nH]2)c(O)c1. The molecular formula is C42H50N6O5. The van der Waals surface area contributed by atoms with E-state index < -0.39 is 12.2 Å². The Labute approximate surface area is 310 Å². The van der Waals surface area contributed by atoms with Gasteiger partial charge in [0.05, 0.1) is 41.4 Å². The van der Waals surface area contributed by atoms with Gasteiger partial charge in [-0.05, 0) is 101 Å². The number of aromatic hydroxyl groups is 2. The van der Waals surface area contributed by atoms with Crippen LogP contribution in [0.3, 0.4) is 0 Å². The number of hydrogen-bond donors (Lipinski definition) is 4. The summed E-state index contributed by atoms with van der Waals surface area (Å²) in [5.41, 5.74) is 6.16. The first-order valence-corrected chi connectivity index (χ1v) is 18.5. The number of piperidine rings is 2. The van der Waals surface area contributed by atoms with Crippen molar-refractivity contribution in [3.8, 4) is 17.2 Å². The van der Waals surface area contributed by atoms with Crippen LogP contribution in [0.25, 0.3) is 22.1 Å². The van der Waals surface area contributed by atoms with Gasteiger partial charge in [0, 0.05) is 37.3 Å². The van der Waals surface area contributed by atoms with Crippen LogP contribution in [0.15, 0.2) is 84.9 Å². The number of methoxy groups -OCH3 is 1. The Balaban J connectivity index is 0.000000164. The Morgan fingerprint density at radius 3 is 1.64 bits per heavy atom. The number of H-pyrrole nitrogens is 2. The molecule has 0 saturated carbocycles. The Bertz CT molecular complexity index is 2050. The monoisotopic (exact) mass is 718 g/mol. The zero-order valence-electron chi connectivity index (χ0n) is 31.0. The molecule has 4 N–H and O–H groups in total. The summed E-state index contributed by atoms with van der Waals surface area (Å²) in [7, 11) is 5.88. The summed E-state index contributed by atoms with van der Waals surface area (Å²) < 4.78 is 18.3. The Morgan fingerprint density at radius 1 is 0.642 bits per heavy atom. The van der Waals surface area contributed by atoms with E-state index in [-0.39, 0.29) is 23.7 Å². The van der Waals surface area contributed by atoms with Gasteiger partial charge in [0.25, 0.3) is 0 Å². The molecule has 2 atom stereocenters. The molecule has 2 aliphatic heterocycles. The van der Waals surface area contributed by atoms with Crippen LogP contribution in [-0.4, -0.2) is 99.5 Å². The molecule has 0 bridgehead atoms. The lowest BCUT2D eigenvalue weighted by Gasteiger charge is -2.31. The van der Waals surface area contributed by atoms with E-state index >= 15 is 0 Å². The maximum atomic E-state index is 10.5. The standard InChI is InChI=1S/C21H25N3O3.C21H25N3O2/c1-24-11-9-14(10-12-24)27-20(16-13-15(26-2)7-8-19(16)25)21-22-17-5-3-4-6-18(17)23-21;1-14-7-8-16(19(25)13-14)20(26-15-9-11-24(2)12-10-15)21-22-17-5-3-4-6-18(17)23-21/h3-8,13-14,20,25H,9-12H2,1-2H3,(H,22,23);3-8,13,15,20,25H,9-12H2,1-2H3,(H,22,23). The minimum atomic E-state index is -0.485. The molecule has 0 amide bonds. The van der Waals surface area contributed by atoms with Crippen molar-refractivity contribution in [1.82, 2.24) is 29.7 Å². The number of fused-ring (bicyclic) bond motifs is 2. The van der Waals surface area contributed by atoms with Gasteiger partial charge in [-0.3, -0.25) is 0 Å². The molecule has 11 heteroatoms. The van der Waals surface area contributed by atoms with E-state index in [1.807, 2.05) is 73.7 Å². The van der Waals surface area contributed by atoms with Gasteiger partial charge in [-0.15, -0.1) is 0 Å². The number of ether oxygens (including phenoxy) is 3. The second kappa shape index (κ2) is 16.4. The van der Waals surface area contributed by atoms with Crippen LogP contribution in [0, 0.1) is 6.92 Å². The molecule has 278 valence electrons. The maximum absolute atomic E-state index is 10.5. The molecule has 4 heterocycles. The van der Waals surface area contributed by atoms with Crippen molar-refractivity contribution >= 4 is 22.1 Å². The average Bonchev–Trinajstić information content (AvgIpc) is 3.80. The van der Waals surface area contributed by atoms with Crippen LogP contribution in [0.4, 0.5) is 0 Å². The van der Waals surface area contributed by atoms with Crippen molar-refractivity contribution in [2.75, 3.05) is 47.4 Å². The first-order chi connectivity index (χ1) is 25.7. The first kappa shape index (κ1) is 36.4. The predicted molar refractivity (Wildman–Crippen MR) is 207 cm³/mol. The van der Waals surface area contributed by atoms with Gasteiger partial charge >= 0.3 is 0 Å². The van der Waals surface area contributed by atoms with Gasteiger partial charge in [-0.1, -0.05) is 36.4 Å². The Morgan fingerprint density at radius 2 is 1.15 bits per heavy atom. The second-order valence-corrected chi connectivity index (χ2v) is 14.3. The Hall–Kier alpha value is -4.94. The van der Waals surface area contributed by atoms with Gasteiger partial charge in [-0.25, -0.2) is 9.97 Å². The fraction of sp³-hybridized carbons (Fsp3) is 0.381. The number of para-hydroxylation sites is 4. The number of phenols is 2. The van der Waals surface area contributed by atoms with Crippen LogP contribution in [0.2, 0.25) is 0 Å². The molecule has 11 nitrogen and oxygen atoms in total. The van der Waals surface area contributed by atoms with Crippen LogP contribution in [0.5, 0.6) is 17.2 Å². The maximum Gasteiger partial charge on any atom is 0.144 e. The van der Waals surface area contributed by atoms with Crippen LogP contribution < -0.4 is 4.74 Å². The van der Waals surface area contributed by atoms with Gasteiger partial charge < -0.3 is 44.2 Å². The number of imidazole rings is 2. The number of aromatic nitrogens is 4. The van der Waals surface area contributed by atoms with E-state index in [1.165, 1.54) is 0 Å². The number of hydrogen-bond acceptors (Lipinski definition) is 9. The zero-order valence-corrected chi connectivity index (χ0v) is 31.0. The van der Waals surface area contributed by atoms with Crippen molar-refractivity contribution in [2.45, 2.75) is 57.0 Å².